The molecule has 0 unspecified atom stereocenters. The van der Waals surface area contributed by atoms with E-state index in [9.17, 15) is 0 Å². The quantitative estimate of drug-likeness (QED) is 0.856. The van der Waals surface area contributed by atoms with Crippen molar-refractivity contribution in [3.63, 3.8) is 0 Å². The average Bonchev–Trinajstić information content (AvgIpc) is 3.07. The second-order valence-corrected chi connectivity index (χ2v) is 5.83. The minimum Gasteiger partial charge on any atom is -0.420 e. The van der Waals surface area contributed by atoms with Gasteiger partial charge in [0.15, 0.2) is 0 Å². The Morgan fingerprint density at radius 3 is 3.05 bits per heavy atom. The molecule has 20 heavy (non-hydrogen) atoms. The summed E-state index contributed by atoms with van der Waals surface area (Å²) >= 11 is 0. The van der Waals surface area contributed by atoms with Crippen molar-refractivity contribution in [2.75, 3.05) is 19.6 Å². The highest BCUT2D eigenvalue weighted by Crippen LogP contribution is 2.28. The molecule has 0 bridgehead atoms. The summed E-state index contributed by atoms with van der Waals surface area (Å²) in [5, 5.41) is 8.36. The van der Waals surface area contributed by atoms with Gasteiger partial charge in [0.25, 0.3) is 0 Å². The molecule has 1 atom stereocenters. The van der Waals surface area contributed by atoms with Gasteiger partial charge in [0, 0.05) is 25.5 Å². The Kier molecular flexibility index (Phi) is 3.78. The van der Waals surface area contributed by atoms with E-state index in [-0.39, 0.29) is 0 Å². The molecular formula is C15H20N4O. The number of hydrogen-bond donors (Lipinski definition) is 0. The third-order valence-electron chi connectivity index (χ3n) is 3.59. The van der Waals surface area contributed by atoms with E-state index < -0.39 is 0 Å². The van der Waals surface area contributed by atoms with Crippen LogP contribution >= 0.6 is 0 Å². The van der Waals surface area contributed by atoms with Gasteiger partial charge in [0.05, 0.1) is 11.5 Å². The van der Waals surface area contributed by atoms with E-state index >= 15 is 0 Å². The maximum absolute atomic E-state index is 5.82. The molecule has 2 aromatic rings. The van der Waals surface area contributed by atoms with E-state index in [1.54, 1.807) is 12.4 Å². The molecule has 1 saturated heterocycles. The number of rotatable bonds is 4. The molecule has 1 aliphatic rings. The van der Waals surface area contributed by atoms with Gasteiger partial charge in [-0.2, -0.15) is 0 Å². The van der Waals surface area contributed by atoms with Gasteiger partial charge in [-0.15, -0.1) is 10.2 Å². The van der Waals surface area contributed by atoms with Crippen LogP contribution < -0.4 is 0 Å². The minimum absolute atomic E-state index is 0.367. The fourth-order valence-electron chi connectivity index (χ4n) is 2.72. The summed E-state index contributed by atoms with van der Waals surface area (Å²) in [5.41, 5.74) is 0.878. The summed E-state index contributed by atoms with van der Waals surface area (Å²) in [4.78, 5) is 6.55. The van der Waals surface area contributed by atoms with Crippen molar-refractivity contribution in [2.45, 2.75) is 26.2 Å². The van der Waals surface area contributed by atoms with Crippen LogP contribution in [0.4, 0.5) is 0 Å². The van der Waals surface area contributed by atoms with Crippen molar-refractivity contribution in [3.05, 3.63) is 30.4 Å². The lowest BCUT2D eigenvalue weighted by atomic mass is 10.1. The van der Waals surface area contributed by atoms with Crippen molar-refractivity contribution >= 4 is 0 Å². The maximum atomic E-state index is 5.82. The average molecular weight is 272 g/mol. The predicted octanol–water partition coefficient (Wildman–Crippen LogP) is 2.58. The SMILES string of the molecule is CC(C)CN1CC[C@H](c2nnc(-c3cccnc3)o2)C1. The monoisotopic (exact) mass is 272 g/mol. The zero-order valence-electron chi connectivity index (χ0n) is 12.0. The first kappa shape index (κ1) is 13.2. The second kappa shape index (κ2) is 5.71. The first-order valence-corrected chi connectivity index (χ1v) is 7.18. The Labute approximate surface area is 119 Å². The topological polar surface area (TPSA) is 55.1 Å². The standard InChI is InChI=1S/C15H20N4O/c1-11(2)9-19-7-5-13(10-19)15-18-17-14(20-15)12-4-3-6-16-8-12/h3-4,6,8,11,13H,5,7,9-10H2,1-2H3/t13-/m0/s1. The summed E-state index contributed by atoms with van der Waals surface area (Å²) in [6.45, 7) is 7.78. The van der Waals surface area contributed by atoms with E-state index in [0.717, 1.165) is 37.5 Å². The van der Waals surface area contributed by atoms with Crippen LogP contribution in [0.25, 0.3) is 11.5 Å². The molecule has 2 aromatic heterocycles. The summed E-state index contributed by atoms with van der Waals surface area (Å²) < 4.78 is 5.82. The van der Waals surface area contributed by atoms with Crippen LogP contribution in [-0.4, -0.2) is 39.7 Å². The van der Waals surface area contributed by atoms with Crippen molar-refractivity contribution < 1.29 is 4.42 Å². The molecular weight excluding hydrogens is 252 g/mol. The van der Waals surface area contributed by atoms with Gasteiger partial charge in [-0.25, -0.2) is 0 Å². The Balaban J connectivity index is 1.69. The molecule has 1 fully saturated rings. The molecule has 0 saturated carbocycles. The lowest BCUT2D eigenvalue weighted by Crippen LogP contribution is -2.24. The fourth-order valence-corrected chi connectivity index (χ4v) is 2.72. The number of aromatic nitrogens is 3. The third-order valence-corrected chi connectivity index (χ3v) is 3.59. The molecule has 3 heterocycles. The molecule has 0 aromatic carbocycles. The van der Waals surface area contributed by atoms with Gasteiger partial charge in [-0.1, -0.05) is 13.8 Å². The Bertz CT molecular complexity index is 552. The molecule has 0 radical (unpaired) electrons. The van der Waals surface area contributed by atoms with Gasteiger partial charge >= 0.3 is 0 Å². The van der Waals surface area contributed by atoms with Crippen LogP contribution in [0.3, 0.4) is 0 Å². The van der Waals surface area contributed by atoms with Crippen LogP contribution in [-0.2, 0) is 0 Å². The third kappa shape index (κ3) is 2.88. The molecule has 3 rings (SSSR count). The predicted molar refractivity (Wildman–Crippen MR) is 76.2 cm³/mol. The molecule has 0 amide bonds. The van der Waals surface area contributed by atoms with Crippen molar-refractivity contribution in [3.8, 4) is 11.5 Å². The first-order valence-electron chi connectivity index (χ1n) is 7.18. The normalized spacial score (nSPS) is 19.9. The van der Waals surface area contributed by atoms with Gasteiger partial charge in [0.1, 0.15) is 0 Å². The fraction of sp³-hybridized carbons (Fsp3) is 0.533. The van der Waals surface area contributed by atoms with E-state index in [1.165, 1.54) is 0 Å². The van der Waals surface area contributed by atoms with Crippen LogP contribution in [0.1, 0.15) is 32.1 Å². The number of pyridine rings is 1. The van der Waals surface area contributed by atoms with Crippen molar-refractivity contribution in [1.82, 2.24) is 20.1 Å². The zero-order valence-corrected chi connectivity index (χ0v) is 12.0. The number of hydrogen-bond acceptors (Lipinski definition) is 5. The molecule has 5 heteroatoms. The van der Waals surface area contributed by atoms with Crippen LogP contribution in [0.2, 0.25) is 0 Å². The molecule has 0 N–H and O–H groups in total. The summed E-state index contributed by atoms with van der Waals surface area (Å²) in [6.07, 6.45) is 4.58. The van der Waals surface area contributed by atoms with E-state index in [4.69, 9.17) is 4.42 Å². The second-order valence-electron chi connectivity index (χ2n) is 5.83. The Morgan fingerprint density at radius 1 is 1.40 bits per heavy atom. The van der Waals surface area contributed by atoms with Gasteiger partial charge in [-0.3, -0.25) is 4.98 Å². The van der Waals surface area contributed by atoms with Crippen LogP contribution in [0.15, 0.2) is 28.9 Å². The molecule has 5 nitrogen and oxygen atoms in total. The highest BCUT2D eigenvalue weighted by molar-refractivity contribution is 5.49. The molecule has 106 valence electrons. The molecule has 1 aliphatic heterocycles. The van der Waals surface area contributed by atoms with Crippen molar-refractivity contribution in [1.29, 1.82) is 0 Å². The van der Waals surface area contributed by atoms with E-state index in [1.807, 2.05) is 12.1 Å². The van der Waals surface area contributed by atoms with Crippen LogP contribution in [0, 0.1) is 5.92 Å². The lowest BCUT2D eigenvalue weighted by Gasteiger charge is -2.17. The first-order chi connectivity index (χ1) is 9.72. The number of likely N-dealkylation sites (tertiary alicyclic amines) is 1. The van der Waals surface area contributed by atoms with E-state index in [2.05, 4.69) is 33.9 Å². The van der Waals surface area contributed by atoms with Crippen LogP contribution in [0.5, 0.6) is 0 Å². The Hall–Kier alpha value is -1.75. The maximum Gasteiger partial charge on any atom is 0.249 e. The largest absolute Gasteiger partial charge is 0.420 e. The summed E-state index contributed by atoms with van der Waals surface area (Å²) in [5.74, 6) is 2.39. The zero-order chi connectivity index (χ0) is 13.9. The molecule has 0 aliphatic carbocycles. The Morgan fingerprint density at radius 2 is 2.30 bits per heavy atom. The van der Waals surface area contributed by atoms with Gasteiger partial charge in [-0.05, 0) is 31.0 Å². The summed E-state index contributed by atoms with van der Waals surface area (Å²) in [6, 6.07) is 3.81. The van der Waals surface area contributed by atoms with Crippen molar-refractivity contribution in [2.24, 2.45) is 5.92 Å². The molecule has 0 spiro atoms. The number of nitrogens with zero attached hydrogens (tertiary/aromatic N) is 4. The minimum atomic E-state index is 0.367. The van der Waals surface area contributed by atoms with Gasteiger partial charge in [0.2, 0.25) is 11.8 Å². The lowest BCUT2D eigenvalue weighted by molar-refractivity contribution is 0.290. The smallest absolute Gasteiger partial charge is 0.249 e. The highest BCUT2D eigenvalue weighted by Gasteiger charge is 2.28. The van der Waals surface area contributed by atoms with Gasteiger partial charge < -0.3 is 9.32 Å². The summed E-state index contributed by atoms with van der Waals surface area (Å²) in [7, 11) is 0. The van der Waals surface area contributed by atoms with E-state index in [0.29, 0.717) is 17.7 Å². The highest BCUT2D eigenvalue weighted by atomic mass is 16.4.